The first-order valence-electron chi connectivity index (χ1n) is 11.8. The third kappa shape index (κ3) is 4.90. The molecule has 5 rings (SSSR count). The second-order valence-electron chi connectivity index (χ2n) is 9.35. The number of pyridine rings is 1. The Morgan fingerprint density at radius 1 is 1.06 bits per heavy atom. The van der Waals surface area contributed by atoms with Gasteiger partial charge in [0.2, 0.25) is 5.91 Å². The highest BCUT2D eigenvalue weighted by Gasteiger charge is 2.34. The molecule has 9 nitrogen and oxygen atoms in total. The first-order valence-corrected chi connectivity index (χ1v) is 11.8. The van der Waals surface area contributed by atoms with Crippen molar-refractivity contribution < 1.29 is 18.0 Å². The van der Waals surface area contributed by atoms with E-state index in [2.05, 4.69) is 43.7 Å². The Bertz CT molecular complexity index is 1200. The van der Waals surface area contributed by atoms with Crippen LogP contribution in [0.5, 0.6) is 0 Å². The summed E-state index contributed by atoms with van der Waals surface area (Å²) in [5.74, 6) is 1.19. The summed E-state index contributed by atoms with van der Waals surface area (Å²) in [6, 6.07) is 2.61. The van der Waals surface area contributed by atoms with Gasteiger partial charge in [-0.3, -0.25) is 14.7 Å². The molecule has 0 N–H and O–H groups in total. The van der Waals surface area contributed by atoms with Gasteiger partial charge in [0.1, 0.15) is 5.82 Å². The fourth-order valence-electron chi connectivity index (χ4n) is 4.90. The molecular weight excluding hydrogens is 473 g/mol. The predicted molar refractivity (Wildman–Crippen MR) is 125 cm³/mol. The molecule has 0 radical (unpaired) electrons. The van der Waals surface area contributed by atoms with Crippen LogP contribution < -0.4 is 4.90 Å². The summed E-state index contributed by atoms with van der Waals surface area (Å²) in [7, 11) is 0. The highest BCUT2D eigenvalue weighted by molar-refractivity contribution is 5.78. The number of hydrogen-bond acceptors (Lipinski definition) is 7. The molecule has 190 valence electrons. The molecule has 0 saturated carbocycles. The quantitative estimate of drug-likeness (QED) is 0.545. The van der Waals surface area contributed by atoms with Crippen molar-refractivity contribution in [2.24, 2.45) is 0 Å². The number of halogens is 3. The Balaban J connectivity index is 1.22. The summed E-state index contributed by atoms with van der Waals surface area (Å²) in [5.41, 5.74) is 0.908. The second-order valence-corrected chi connectivity index (χ2v) is 9.35. The molecule has 12 heteroatoms. The molecule has 2 aliphatic heterocycles. The zero-order chi connectivity index (χ0) is 25.4. The minimum Gasteiger partial charge on any atom is -0.352 e. The minimum absolute atomic E-state index is 0.0488. The topological polar surface area (TPSA) is 83.3 Å². The summed E-state index contributed by atoms with van der Waals surface area (Å²) in [6.07, 6.45) is 3.78. The van der Waals surface area contributed by atoms with E-state index >= 15 is 0 Å². The fraction of sp³-hybridized carbons (Fsp3) is 0.458. The molecule has 1 amide bonds. The number of rotatable bonds is 4. The van der Waals surface area contributed by atoms with Crippen LogP contribution in [0.3, 0.4) is 0 Å². The van der Waals surface area contributed by atoms with Gasteiger partial charge in [-0.05, 0) is 26.0 Å². The van der Waals surface area contributed by atoms with Gasteiger partial charge >= 0.3 is 6.18 Å². The highest BCUT2D eigenvalue weighted by atomic mass is 19.4. The molecule has 0 bridgehead atoms. The summed E-state index contributed by atoms with van der Waals surface area (Å²) in [5, 5.41) is 4.49. The third-order valence-electron chi connectivity index (χ3n) is 6.81. The molecule has 0 spiro atoms. The maximum Gasteiger partial charge on any atom is 0.417 e. The molecule has 0 aliphatic carbocycles. The van der Waals surface area contributed by atoms with Crippen molar-refractivity contribution in [3.63, 3.8) is 0 Å². The predicted octanol–water partition coefficient (Wildman–Crippen LogP) is 2.56. The first kappa shape index (κ1) is 24.2. The number of alkyl halides is 3. The lowest BCUT2D eigenvalue weighted by Crippen LogP contribution is -2.59. The fourth-order valence-corrected chi connectivity index (χ4v) is 4.90. The van der Waals surface area contributed by atoms with E-state index in [9.17, 15) is 18.0 Å². The molecule has 3 aromatic heterocycles. The lowest BCUT2D eigenvalue weighted by atomic mass is 10.1. The van der Waals surface area contributed by atoms with Crippen molar-refractivity contribution in [2.75, 3.05) is 31.1 Å². The molecule has 1 fully saturated rings. The van der Waals surface area contributed by atoms with Crippen LogP contribution in [0.1, 0.15) is 30.7 Å². The highest BCUT2D eigenvalue weighted by Crippen LogP contribution is 2.29. The van der Waals surface area contributed by atoms with E-state index in [1.807, 2.05) is 4.90 Å². The van der Waals surface area contributed by atoms with E-state index in [0.717, 1.165) is 42.4 Å². The third-order valence-corrected chi connectivity index (χ3v) is 6.81. The average molecular weight is 501 g/mol. The lowest BCUT2D eigenvalue weighted by molar-refractivity contribution is -0.138. The van der Waals surface area contributed by atoms with E-state index in [-0.39, 0.29) is 18.0 Å². The van der Waals surface area contributed by atoms with Gasteiger partial charge in [-0.15, -0.1) is 0 Å². The molecule has 3 aromatic rings. The monoisotopic (exact) mass is 500 g/mol. The Morgan fingerprint density at radius 2 is 1.83 bits per heavy atom. The molecule has 2 atom stereocenters. The minimum atomic E-state index is -4.44. The standard InChI is InChI=1S/C24H27F3N8O/c1-16-11-33(22-10-28-6-7-29-22)12-17(2)34(16)15-23(36)32-8-5-20-18(13-32)14-35(31-20)21-4-3-19(9-30-21)24(25,26)27/h3-4,6-7,9-10,14,16-17H,5,8,11-13,15H2,1-2H3/t16-,17+. The van der Waals surface area contributed by atoms with Crippen molar-refractivity contribution in [3.05, 3.63) is 59.9 Å². The number of carbonyl (C=O) groups is 1. The van der Waals surface area contributed by atoms with Crippen molar-refractivity contribution >= 4 is 11.7 Å². The largest absolute Gasteiger partial charge is 0.417 e. The normalized spacial score (nSPS) is 20.9. The van der Waals surface area contributed by atoms with Gasteiger partial charge < -0.3 is 9.80 Å². The number of carbonyl (C=O) groups excluding carboxylic acids is 1. The Labute approximate surface area is 206 Å². The summed E-state index contributed by atoms with van der Waals surface area (Å²) in [6.45, 7) is 7.02. The van der Waals surface area contributed by atoms with Gasteiger partial charge in [0.05, 0.1) is 24.0 Å². The number of piperazine rings is 1. The molecule has 5 heterocycles. The second kappa shape index (κ2) is 9.49. The van der Waals surface area contributed by atoms with Gasteiger partial charge in [0.15, 0.2) is 5.82 Å². The van der Waals surface area contributed by atoms with Crippen LogP contribution in [-0.2, 0) is 23.9 Å². The molecule has 1 saturated heterocycles. The molecule has 0 aromatic carbocycles. The summed E-state index contributed by atoms with van der Waals surface area (Å²) in [4.78, 5) is 31.9. The molecule has 36 heavy (non-hydrogen) atoms. The molecule has 2 aliphatic rings. The van der Waals surface area contributed by atoms with E-state index < -0.39 is 11.7 Å². The van der Waals surface area contributed by atoms with E-state index in [4.69, 9.17) is 0 Å². The number of aromatic nitrogens is 5. The SMILES string of the molecule is C[C@@H]1CN(c2cnccn2)C[C@H](C)N1CC(=O)N1CCc2nn(-c3ccc(C(F)(F)F)cn3)cc2C1. The van der Waals surface area contributed by atoms with Crippen LogP contribution in [0.4, 0.5) is 19.0 Å². The van der Waals surface area contributed by atoms with Crippen LogP contribution in [0, 0.1) is 0 Å². The van der Waals surface area contributed by atoms with E-state index in [1.165, 1.54) is 10.7 Å². The number of anilines is 1. The van der Waals surface area contributed by atoms with Crippen LogP contribution in [0.2, 0.25) is 0 Å². The van der Waals surface area contributed by atoms with Gasteiger partial charge in [-0.1, -0.05) is 0 Å². The Kier molecular flexibility index (Phi) is 6.37. The van der Waals surface area contributed by atoms with Crippen molar-refractivity contribution in [2.45, 2.75) is 45.1 Å². The number of amides is 1. The van der Waals surface area contributed by atoms with Gasteiger partial charge in [-0.25, -0.2) is 14.6 Å². The number of fused-ring (bicyclic) bond motifs is 1. The van der Waals surface area contributed by atoms with Gasteiger partial charge in [0, 0.05) is 75.0 Å². The van der Waals surface area contributed by atoms with Crippen molar-refractivity contribution in [3.8, 4) is 5.82 Å². The number of hydrogen-bond donors (Lipinski definition) is 0. The maximum atomic E-state index is 13.2. The van der Waals surface area contributed by atoms with E-state index in [0.29, 0.717) is 31.9 Å². The van der Waals surface area contributed by atoms with Crippen LogP contribution in [0.15, 0.2) is 43.1 Å². The van der Waals surface area contributed by atoms with Crippen molar-refractivity contribution in [1.29, 1.82) is 0 Å². The lowest BCUT2D eigenvalue weighted by Gasteiger charge is -2.45. The van der Waals surface area contributed by atoms with Crippen LogP contribution in [0.25, 0.3) is 5.82 Å². The summed E-state index contributed by atoms with van der Waals surface area (Å²) >= 11 is 0. The Hall–Kier alpha value is -3.54. The van der Waals surface area contributed by atoms with Gasteiger partial charge in [0.25, 0.3) is 0 Å². The zero-order valence-electron chi connectivity index (χ0n) is 20.1. The van der Waals surface area contributed by atoms with Crippen molar-refractivity contribution in [1.82, 2.24) is 34.5 Å². The first-order chi connectivity index (χ1) is 17.2. The maximum absolute atomic E-state index is 13.2. The molecule has 0 unspecified atom stereocenters. The smallest absolute Gasteiger partial charge is 0.352 e. The average Bonchev–Trinajstić information content (AvgIpc) is 3.29. The van der Waals surface area contributed by atoms with Gasteiger partial charge in [-0.2, -0.15) is 18.3 Å². The molecular formula is C24H27F3N8O. The summed E-state index contributed by atoms with van der Waals surface area (Å²) < 4.78 is 40.0. The number of nitrogens with zero attached hydrogens (tertiary/aromatic N) is 8. The van der Waals surface area contributed by atoms with Crippen LogP contribution >= 0.6 is 0 Å². The Morgan fingerprint density at radius 3 is 2.47 bits per heavy atom. The zero-order valence-corrected chi connectivity index (χ0v) is 20.1. The van der Waals surface area contributed by atoms with E-state index in [1.54, 1.807) is 24.8 Å². The van der Waals surface area contributed by atoms with Crippen LogP contribution in [-0.4, -0.2) is 78.7 Å².